The maximum absolute atomic E-state index is 11.3. The fourth-order valence-corrected chi connectivity index (χ4v) is 4.14. The number of fused-ring (bicyclic) bond motifs is 5. The lowest BCUT2D eigenvalue weighted by Crippen LogP contribution is -2.45. The molecule has 2 bridgehead atoms. The van der Waals surface area contributed by atoms with Gasteiger partial charge in [0.1, 0.15) is 0 Å². The molecule has 0 radical (unpaired) electrons. The summed E-state index contributed by atoms with van der Waals surface area (Å²) in [6.07, 6.45) is 2.53. The van der Waals surface area contributed by atoms with Crippen molar-refractivity contribution >= 4 is 6.03 Å². The average molecular weight is 194 g/mol. The highest BCUT2D eigenvalue weighted by Gasteiger charge is 2.68. The third kappa shape index (κ3) is 0.665. The van der Waals surface area contributed by atoms with Gasteiger partial charge in [-0.2, -0.15) is 0 Å². The molecule has 4 atom stereocenters. The zero-order chi connectivity index (χ0) is 10.1. The van der Waals surface area contributed by atoms with Crippen molar-refractivity contribution in [1.82, 2.24) is 10.6 Å². The second kappa shape index (κ2) is 2.10. The minimum atomic E-state index is 0.0358. The zero-order valence-electron chi connectivity index (χ0n) is 9.05. The Morgan fingerprint density at radius 1 is 1.29 bits per heavy atom. The van der Waals surface area contributed by atoms with Crippen molar-refractivity contribution in [2.45, 2.75) is 45.7 Å². The van der Waals surface area contributed by atoms with Gasteiger partial charge >= 0.3 is 6.03 Å². The Kier molecular flexibility index (Phi) is 1.28. The van der Waals surface area contributed by atoms with Crippen LogP contribution >= 0.6 is 0 Å². The largest absolute Gasteiger partial charge is 0.333 e. The van der Waals surface area contributed by atoms with Crippen molar-refractivity contribution in [2.75, 3.05) is 0 Å². The summed E-state index contributed by atoms with van der Waals surface area (Å²) in [5, 5.41) is 6.17. The van der Waals surface area contributed by atoms with Crippen LogP contribution in [0.25, 0.3) is 0 Å². The molecule has 14 heavy (non-hydrogen) atoms. The highest BCUT2D eigenvalue weighted by Crippen LogP contribution is 2.65. The Labute approximate surface area is 84.6 Å². The van der Waals surface area contributed by atoms with Crippen molar-refractivity contribution in [1.29, 1.82) is 0 Å². The van der Waals surface area contributed by atoms with Crippen LogP contribution in [0, 0.1) is 16.7 Å². The minimum absolute atomic E-state index is 0.0358. The van der Waals surface area contributed by atoms with Gasteiger partial charge in [-0.05, 0) is 29.6 Å². The van der Waals surface area contributed by atoms with Crippen LogP contribution in [-0.2, 0) is 0 Å². The van der Waals surface area contributed by atoms with E-state index in [0.717, 1.165) is 0 Å². The lowest BCUT2D eigenvalue weighted by Gasteiger charge is -2.38. The lowest BCUT2D eigenvalue weighted by atomic mass is 9.69. The summed E-state index contributed by atoms with van der Waals surface area (Å²) in [7, 11) is 0. The van der Waals surface area contributed by atoms with Gasteiger partial charge in [-0.15, -0.1) is 0 Å². The molecule has 3 fully saturated rings. The molecule has 78 valence electrons. The maximum atomic E-state index is 11.3. The van der Waals surface area contributed by atoms with Gasteiger partial charge in [-0.25, -0.2) is 4.79 Å². The second-order valence-electron chi connectivity index (χ2n) is 5.91. The van der Waals surface area contributed by atoms with E-state index in [1.54, 1.807) is 0 Å². The van der Waals surface area contributed by atoms with Crippen LogP contribution in [0.4, 0.5) is 4.79 Å². The zero-order valence-corrected chi connectivity index (χ0v) is 9.05. The molecule has 3 rings (SSSR count). The van der Waals surface area contributed by atoms with Gasteiger partial charge in [-0.3, -0.25) is 0 Å². The molecular weight excluding hydrogens is 176 g/mol. The van der Waals surface area contributed by atoms with Crippen LogP contribution < -0.4 is 10.6 Å². The van der Waals surface area contributed by atoms with Gasteiger partial charge in [0.15, 0.2) is 0 Å². The van der Waals surface area contributed by atoms with Crippen molar-refractivity contribution < 1.29 is 4.79 Å². The van der Waals surface area contributed by atoms with Crippen LogP contribution in [0.15, 0.2) is 0 Å². The molecule has 0 aromatic rings. The standard InChI is InChI=1S/C11H18N2O/c1-10(2)6-4-5-11(10,3)8-7(6)12-9(14)13-8/h6-8H,4-5H2,1-3H3,(H2,12,13,14)/t6-,7-,8+,11-/m0/s1. The predicted molar refractivity (Wildman–Crippen MR) is 53.9 cm³/mol. The third-order valence-corrected chi connectivity index (χ3v) is 5.44. The van der Waals surface area contributed by atoms with Crippen molar-refractivity contribution in [3.8, 4) is 0 Å². The number of hydrogen-bond donors (Lipinski definition) is 2. The predicted octanol–water partition coefficient (Wildman–Crippen LogP) is 1.49. The smallest absolute Gasteiger partial charge is 0.315 e. The highest BCUT2D eigenvalue weighted by molar-refractivity contribution is 5.78. The van der Waals surface area contributed by atoms with Gasteiger partial charge in [0.25, 0.3) is 0 Å². The molecule has 1 heterocycles. The van der Waals surface area contributed by atoms with Crippen molar-refractivity contribution in [2.24, 2.45) is 16.7 Å². The molecule has 0 unspecified atom stereocenters. The van der Waals surface area contributed by atoms with Crippen LogP contribution in [0.2, 0.25) is 0 Å². The highest BCUT2D eigenvalue weighted by atomic mass is 16.2. The maximum Gasteiger partial charge on any atom is 0.315 e. The van der Waals surface area contributed by atoms with Crippen molar-refractivity contribution in [3.05, 3.63) is 0 Å². The molecule has 0 aromatic heterocycles. The Hall–Kier alpha value is -0.730. The summed E-state index contributed by atoms with van der Waals surface area (Å²) in [6, 6.07) is 0.786. The molecule has 2 N–H and O–H groups in total. The van der Waals surface area contributed by atoms with Gasteiger partial charge in [0, 0.05) is 0 Å². The van der Waals surface area contributed by atoms with Crippen LogP contribution in [0.1, 0.15) is 33.6 Å². The normalized spacial score (nSPS) is 52.8. The molecule has 0 aromatic carbocycles. The molecule has 3 nitrogen and oxygen atoms in total. The molecule has 0 spiro atoms. The van der Waals surface area contributed by atoms with E-state index in [4.69, 9.17) is 0 Å². The molecule has 2 saturated carbocycles. The van der Waals surface area contributed by atoms with E-state index in [-0.39, 0.29) is 6.03 Å². The quantitative estimate of drug-likeness (QED) is 0.602. The van der Waals surface area contributed by atoms with E-state index in [1.807, 2.05) is 0 Å². The summed E-state index contributed by atoms with van der Waals surface area (Å²) < 4.78 is 0. The van der Waals surface area contributed by atoms with E-state index in [2.05, 4.69) is 31.4 Å². The minimum Gasteiger partial charge on any atom is -0.333 e. The van der Waals surface area contributed by atoms with E-state index >= 15 is 0 Å². The number of hydrogen-bond acceptors (Lipinski definition) is 1. The van der Waals surface area contributed by atoms with E-state index in [1.165, 1.54) is 12.8 Å². The Balaban J connectivity index is 2.06. The Bertz CT molecular complexity index is 312. The number of carbonyl (C=O) groups excluding carboxylic acids is 1. The lowest BCUT2D eigenvalue weighted by molar-refractivity contribution is 0.126. The van der Waals surface area contributed by atoms with Gasteiger partial charge in [0.05, 0.1) is 12.1 Å². The van der Waals surface area contributed by atoms with Gasteiger partial charge in [-0.1, -0.05) is 20.8 Å². The summed E-state index contributed by atoms with van der Waals surface area (Å²) >= 11 is 0. The first-order chi connectivity index (χ1) is 6.47. The number of carbonyl (C=O) groups is 1. The topological polar surface area (TPSA) is 41.1 Å². The molecule has 1 saturated heterocycles. The second-order valence-corrected chi connectivity index (χ2v) is 5.91. The average Bonchev–Trinajstić information content (AvgIpc) is 2.59. The van der Waals surface area contributed by atoms with Crippen molar-refractivity contribution in [3.63, 3.8) is 0 Å². The SMILES string of the molecule is CC1(C)[C@H]2CC[C@@]1(C)[C@@H]1NC(=O)N[C@H]12. The summed E-state index contributed by atoms with van der Waals surface area (Å²) in [4.78, 5) is 11.3. The summed E-state index contributed by atoms with van der Waals surface area (Å²) in [6.45, 7) is 7.05. The number of amides is 2. The molecule has 2 amide bonds. The molecule has 3 aliphatic rings. The van der Waals surface area contributed by atoms with E-state index in [0.29, 0.717) is 28.8 Å². The summed E-state index contributed by atoms with van der Waals surface area (Å²) in [5.41, 5.74) is 0.657. The number of nitrogens with one attached hydrogen (secondary N) is 2. The van der Waals surface area contributed by atoms with E-state index < -0.39 is 0 Å². The van der Waals surface area contributed by atoms with Gasteiger partial charge in [0.2, 0.25) is 0 Å². The molecule has 2 aliphatic carbocycles. The van der Waals surface area contributed by atoms with Crippen LogP contribution in [-0.4, -0.2) is 18.1 Å². The number of urea groups is 1. The first-order valence-electron chi connectivity index (χ1n) is 5.54. The Morgan fingerprint density at radius 3 is 2.64 bits per heavy atom. The van der Waals surface area contributed by atoms with Crippen LogP contribution in [0.5, 0.6) is 0 Å². The molecule has 1 aliphatic heterocycles. The number of rotatable bonds is 0. The monoisotopic (exact) mass is 194 g/mol. The Morgan fingerprint density at radius 2 is 2.00 bits per heavy atom. The van der Waals surface area contributed by atoms with Gasteiger partial charge < -0.3 is 10.6 Å². The first-order valence-corrected chi connectivity index (χ1v) is 5.54. The molecular formula is C11H18N2O. The van der Waals surface area contributed by atoms with E-state index in [9.17, 15) is 4.79 Å². The fraction of sp³-hybridized carbons (Fsp3) is 0.909. The fourth-order valence-electron chi connectivity index (χ4n) is 4.14. The van der Waals surface area contributed by atoms with Crippen LogP contribution in [0.3, 0.4) is 0 Å². The molecule has 3 heteroatoms. The first kappa shape index (κ1) is 8.57. The summed E-state index contributed by atoms with van der Waals surface area (Å²) in [5.74, 6) is 0.663. The third-order valence-electron chi connectivity index (χ3n) is 5.44.